The molecule has 0 saturated heterocycles. The van der Waals surface area contributed by atoms with Crippen LogP contribution in [0.3, 0.4) is 0 Å². The van der Waals surface area contributed by atoms with E-state index in [0.29, 0.717) is 27.9 Å². The molecular formula is C28H31Cl2N3O6S. The number of carbonyl (C=O) groups is 2. The van der Waals surface area contributed by atoms with Gasteiger partial charge in [0, 0.05) is 34.8 Å². The summed E-state index contributed by atoms with van der Waals surface area (Å²) in [6.45, 7) is 2.95. The number of rotatable bonds is 12. The Hall–Kier alpha value is -3.47. The van der Waals surface area contributed by atoms with Gasteiger partial charge in [-0.05, 0) is 50.2 Å². The van der Waals surface area contributed by atoms with E-state index >= 15 is 0 Å². The van der Waals surface area contributed by atoms with Crippen molar-refractivity contribution in [2.75, 3.05) is 31.6 Å². The lowest BCUT2D eigenvalue weighted by atomic mass is 10.1. The Labute approximate surface area is 244 Å². The molecule has 0 saturated carbocycles. The molecule has 0 aliphatic heterocycles. The predicted molar refractivity (Wildman–Crippen MR) is 156 cm³/mol. The zero-order valence-corrected chi connectivity index (χ0v) is 24.9. The van der Waals surface area contributed by atoms with Crippen molar-refractivity contribution in [1.29, 1.82) is 0 Å². The Bertz CT molecular complexity index is 1430. The summed E-state index contributed by atoms with van der Waals surface area (Å²) in [6.07, 6.45) is 0. The summed E-state index contributed by atoms with van der Waals surface area (Å²) in [4.78, 5) is 27.9. The lowest BCUT2D eigenvalue weighted by Gasteiger charge is -2.32. The first-order chi connectivity index (χ1) is 19.0. The normalized spacial score (nSPS) is 11.8. The van der Waals surface area contributed by atoms with Crippen molar-refractivity contribution in [3.05, 3.63) is 82.3 Å². The molecule has 12 heteroatoms. The summed E-state index contributed by atoms with van der Waals surface area (Å²) in [5.74, 6) is -0.485. The quantitative estimate of drug-likeness (QED) is 0.318. The lowest BCUT2D eigenvalue weighted by molar-refractivity contribution is -0.139. The van der Waals surface area contributed by atoms with E-state index in [-0.39, 0.29) is 22.9 Å². The van der Waals surface area contributed by atoms with Gasteiger partial charge in [0.05, 0.1) is 24.8 Å². The van der Waals surface area contributed by atoms with Crippen LogP contribution in [0.1, 0.15) is 19.4 Å². The molecule has 0 aliphatic carbocycles. The Kier molecular flexibility index (Phi) is 10.7. The molecule has 0 bridgehead atoms. The molecule has 0 spiro atoms. The second-order valence-electron chi connectivity index (χ2n) is 8.66. The van der Waals surface area contributed by atoms with E-state index in [0.717, 1.165) is 4.31 Å². The van der Waals surface area contributed by atoms with Crippen LogP contribution >= 0.6 is 23.2 Å². The minimum absolute atomic E-state index is 0.112. The van der Waals surface area contributed by atoms with Crippen LogP contribution in [-0.4, -0.2) is 58.5 Å². The Morgan fingerprint density at radius 2 is 1.55 bits per heavy atom. The Morgan fingerprint density at radius 3 is 2.12 bits per heavy atom. The number of nitrogens with zero attached hydrogens (tertiary/aromatic N) is 2. The van der Waals surface area contributed by atoms with Gasteiger partial charge in [0.15, 0.2) is 11.5 Å². The molecule has 0 heterocycles. The highest BCUT2D eigenvalue weighted by Gasteiger charge is 2.33. The number of amides is 2. The average molecular weight is 609 g/mol. The van der Waals surface area contributed by atoms with Gasteiger partial charge < -0.3 is 19.7 Å². The summed E-state index contributed by atoms with van der Waals surface area (Å²) in [7, 11) is -1.45. The fourth-order valence-corrected chi connectivity index (χ4v) is 5.93. The van der Waals surface area contributed by atoms with Gasteiger partial charge in [0.2, 0.25) is 11.8 Å². The highest BCUT2D eigenvalue weighted by atomic mass is 35.5. The number of para-hydroxylation sites is 1. The summed E-state index contributed by atoms with van der Waals surface area (Å²) < 4.78 is 39.5. The smallest absolute Gasteiger partial charge is 0.264 e. The standard InChI is InChI=1S/C28H31Cl2N3O6S/c1-5-31-28(35)19(2)32(17-22-23(29)12-9-13-24(22)30)27(34)18-33(20-10-7-6-8-11-20)40(36,37)21-14-15-25(38-3)26(16-21)39-4/h6-16,19H,5,17-18H2,1-4H3,(H,31,35). The highest BCUT2D eigenvalue weighted by Crippen LogP contribution is 2.33. The summed E-state index contributed by atoms with van der Waals surface area (Å²) in [5.41, 5.74) is 0.691. The summed E-state index contributed by atoms with van der Waals surface area (Å²) in [5, 5.41) is 3.33. The molecule has 0 fully saturated rings. The molecule has 0 aromatic heterocycles. The molecule has 3 aromatic rings. The fraction of sp³-hybridized carbons (Fsp3) is 0.286. The van der Waals surface area contributed by atoms with Crippen LogP contribution in [0.25, 0.3) is 0 Å². The van der Waals surface area contributed by atoms with Gasteiger partial charge in [-0.2, -0.15) is 0 Å². The van der Waals surface area contributed by atoms with Gasteiger partial charge in [0.1, 0.15) is 12.6 Å². The van der Waals surface area contributed by atoms with E-state index in [4.69, 9.17) is 32.7 Å². The maximum Gasteiger partial charge on any atom is 0.264 e. The molecule has 1 N–H and O–H groups in total. The number of methoxy groups -OCH3 is 2. The SMILES string of the molecule is CCNC(=O)C(C)N(Cc1c(Cl)cccc1Cl)C(=O)CN(c1ccccc1)S(=O)(=O)c1ccc(OC)c(OC)c1. The Balaban J connectivity index is 2.08. The largest absolute Gasteiger partial charge is 0.493 e. The lowest BCUT2D eigenvalue weighted by Crippen LogP contribution is -2.51. The van der Waals surface area contributed by atoms with Gasteiger partial charge >= 0.3 is 0 Å². The first kappa shape index (κ1) is 31.1. The van der Waals surface area contributed by atoms with Crippen molar-refractivity contribution >= 4 is 50.7 Å². The maximum atomic E-state index is 14.0. The van der Waals surface area contributed by atoms with Crippen LogP contribution < -0.4 is 19.1 Å². The van der Waals surface area contributed by atoms with E-state index < -0.39 is 34.4 Å². The molecule has 0 aliphatic rings. The highest BCUT2D eigenvalue weighted by molar-refractivity contribution is 7.92. The van der Waals surface area contributed by atoms with Crippen LogP contribution in [0.15, 0.2) is 71.6 Å². The maximum absolute atomic E-state index is 14.0. The molecule has 2 amide bonds. The van der Waals surface area contributed by atoms with Crippen molar-refractivity contribution in [3.63, 3.8) is 0 Å². The van der Waals surface area contributed by atoms with E-state index in [2.05, 4.69) is 5.32 Å². The zero-order valence-electron chi connectivity index (χ0n) is 22.6. The first-order valence-corrected chi connectivity index (χ1v) is 14.5. The number of ether oxygens (including phenoxy) is 2. The molecular weight excluding hydrogens is 577 g/mol. The number of likely N-dealkylation sites (N-methyl/N-ethyl adjacent to an activating group) is 1. The third-order valence-corrected chi connectivity index (χ3v) is 8.65. The number of benzene rings is 3. The van der Waals surface area contributed by atoms with Crippen molar-refractivity contribution in [2.45, 2.75) is 31.3 Å². The third-order valence-electron chi connectivity index (χ3n) is 6.17. The third kappa shape index (κ3) is 6.99. The molecule has 0 radical (unpaired) electrons. The monoisotopic (exact) mass is 607 g/mol. The van der Waals surface area contributed by atoms with E-state index in [1.807, 2.05) is 0 Å². The van der Waals surface area contributed by atoms with Gasteiger partial charge in [-0.15, -0.1) is 0 Å². The van der Waals surface area contributed by atoms with Gasteiger partial charge in [0.25, 0.3) is 10.0 Å². The van der Waals surface area contributed by atoms with E-state index in [9.17, 15) is 18.0 Å². The number of anilines is 1. The minimum atomic E-state index is -4.29. The van der Waals surface area contributed by atoms with Gasteiger partial charge in [-0.25, -0.2) is 8.42 Å². The van der Waals surface area contributed by atoms with Crippen molar-refractivity contribution in [2.24, 2.45) is 0 Å². The molecule has 1 atom stereocenters. The zero-order chi connectivity index (χ0) is 29.4. The average Bonchev–Trinajstić information content (AvgIpc) is 2.95. The van der Waals surface area contributed by atoms with Crippen LogP contribution in [0.5, 0.6) is 11.5 Å². The molecule has 1 unspecified atom stereocenters. The molecule has 40 heavy (non-hydrogen) atoms. The fourth-order valence-electron chi connectivity index (χ4n) is 3.99. The van der Waals surface area contributed by atoms with Crippen LogP contribution in [0.2, 0.25) is 10.0 Å². The van der Waals surface area contributed by atoms with Crippen molar-refractivity contribution < 1.29 is 27.5 Å². The number of carbonyl (C=O) groups excluding carboxylic acids is 2. The molecule has 3 rings (SSSR count). The number of hydrogen-bond donors (Lipinski definition) is 1. The predicted octanol–water partition coefficient (Wildman–Crippen LogP) is 4.76. The second kappa shape index (κ2) is 13.7. The van der Waals surface area contributed by atoms with E-state index in [1.165, 1.54) is 37.3 Å². The van der Waals surface area contributed by atoms with Crippen molar-refractivity contribution in [3.8, 4) is 11.5 Å². The summed E-state index contributed by atoms with van der Waals surface area (Å²) >= 11 is 12.8. The Morgan fingerprint density at radius 1 is 0.925 bits per heavy atom. The molecule has 214 valence electrons. The first-order valence-electron chi connectivity index (χ1n) is 12.3. The van der Waals surface area contributed by atoms with Gasteiger partial charge in [-0.3, -0.25) is 13.9 Å². The van der Waals surface area contributed by atoms with Crippen molar-refractivity contribution in [1.82, 2.24) is 10.2 Å². The summed E-state index contributed by atoms with van der Waals surface area (Å²) in [6, 6.07) is 16.3. The molecule has 3 aromatic carbocycles. The van der Waals surface area contributed by atoms with E-state index in [1.54, 1.807) is 62.4 Å². The van der Waals surface area contributed by atoms with Crippen LogP contribution in [0, 0.1) is 0 Å². The number of halogens is 2. The number of hydrogen-bond acceptors (Lipinski definition) is 6. The number of sulfonamides is 1. The van der Waals surface area contributed by atoms with Crippen LogP contribution in [-0.2, 0) is 26.2 Å². The number of nitrogens with one attached hydrogen (secondary N) is 1. The molecule has 9 nitrogen and oxygen atoms in total. The van der Waals surface area contributed by atoms with Gasteiger partial charge in [-0.1, -0.05) is 47.5 Å². The topological polar surface area (TPSA) is 105 Å². The van der Waals surface area contributed by atoms with Crippen LogP contribution in [0.4, 0.5) is 5.69 Å². The minimum Gasteiger partial charge on any atom is -0.493 e. The second-order valence-corrected chi connectivity index (χ2v) is 11.3.